The molecule has 5 rings (SSSR count). The summed E-state index contributed by atoms with van der Waals surface area (Å²) in [5.74, 6) is -2.92. The van der Waals surface area contributed by atoms with E-state index < -0.39 is 28.6 Å². The normalized spacial score (nSPS) is 19.5. The van der Waals surface area contributed by atoms with Crippen LogP contribution >= 0.6 is 0 Å². The second kappa shape index (κ2) is 13.2. The number of nitrogens with zero attached hydrogens (tertiary/aromatic N) is 3. The van der Waals surface area contributed by atoms with Crippen molar-refractivity contribution in [3.05, 3.63) is 99.9 Å². The molecule has 0 unspecified atom stereocenters. The second-order valence-corrected chi connectivity index (χ2v) is 12.4. The van der Waals surface area contributed by atoms with Crippen molar-refractivity contribution in [2.75, 3.05) is 26.3 Å². The maximum Gasteiger partial charge on any atom is 0.220 e. The van der Waals surface area contributed by atoms with E-state index in [9.17, 15) is 34.2 Å². The largest absolute Gasteiger partial charge is 0.871 e. The Bertz CT molecular complexity index is 1890. The lowest BCUT2D eigenvalue weighted by Gasteiger charge is -2.33. The Labute approximate surface area is 276 Å². The van der Waals surface area contributed by atoms with Gasteiger partial charge >= 0.3 is 0 Å². The highest BCUT2D eigenvalue weighted by Gasteiger charge is 2.37. The number of ether oxygens (including phenoxy) is 2. The smallest absolute Gasteiger partial charge is 0.220 e. The van der Waals surface area contributed by atoms with E-state index in [0.29, 0.717) is 29.0 Å². The molecule has 0 bridgehead atoms. The molecular weight excluding hydrogens is 618 g/mol. The Morgan fingerprint density at radius 3 is 1.88 bits per heavy atom. The molecule has 1 aromatic heterocycles. The summed E-state index contributed by atoms with van der Waals surface area (Å²) in [5.41, 5.74) is 1.70. The number of aryl methyl sites for hydroxylation is 1. The zero-order chi connectivity index (χ0) is 34.9. The van der Waals surface area contributed by atoms with E-state index in [2.05, 4.69) is 5.10 Å². The van der Waals surface area contributed by atoms with Crippen molar-refractivity contribution in [3.63, 3.8) is 0 Å². The van der Waals surface area contributed by atoms with Crippen molar-refractivity contribution in [2.45, 2.75) is 46.6 Å². The summed E-state index contributed by atoms with van der Waals surface area (Å²) in [6, 6.07) is 0. The van der Waals surface area contributed by atoms with E-state index >= 15 is 0 Å². The molecule has 0 spiro atoms. The molecule has 0 amide bonds. The van der Waals surface area contributed by atoms with E-state index in [4.69, 9.17) is 9.47 Å². The molecule has 0 aliphatic heterocycles. The van der Waals surface area contributed by atoms with Crippen molar-refractivity contribution in [1.29, 1.82) is 0 Å². The van der Waals surface area contributed by atoms with Crippen LogP contribution in [-0.4, -0.2) is 80.4 Å². The standard InChI is InChI=1S/C36H35N3O9/c1-6-25-31(35(46)39(37-25)36(3,4)5)32-33(44)30(34(32)45)24-10-7-21(17-20(24)2)38(13-15-47-28-18-22(40)8-11-26(28)42)14-16-48-29-19-23(41)9-12-27(29)43/h7-12,17-19H,6,13-16H2,1-5H3,(H,44,45). The van der Waals surface area contributed by atoms with Gasteiger partial charge in [-0.25, -0.2) is 9.26 Å². The molecule has 48 heavy (non-hydrogen) atoms. The van der Waals surface area contributed by atoms with Gasteiger partial charge in [0.05, 0.1) is 16.8 Å². The van der Waals surface area contributed by atoms with Crippen LogP contribution in [0.1, 0.15) is 45.9 Å². The van der Waals surface area contributed by atoms with Crippen molar-refractivity contribution < 1.29 is 48.2 Å². The zero-order valence-electron chi connectivity index (χ0n) is 27.3. The van der Waals surface area contributed by atoms with Crippen LogP contribution in [0.2, 0.25) is 0 Å². The lowest BCUT2D eigenvalue weighted by molar-refractivity contribution is -0.530. The average Bonchev–Trinajstić information content (AvgIpc) is 3.36. The molecule has 12 nitrogen and oxygen atoms in total. The topological polar surface area (TPSA) is 168 Å². The number of aromatic hydroxyl groups is 1. The van der Waals surface area contributed by atoms with Crippen LogP contribution in [0.25, 0.3) is 5.57 Å². The molecule has 1 N–H and O–H groups in total. The number of carbonyl (C=O) groups is 5. The molecule has 4 aliphatic carbocycles. The van der Waals surface area contributed by atoms with Gasteiger partial charge in [0.15, 0.2) is 47.7 Å². The van der Waals surface area contributed by atoms with Crippen molar-refractivity contribution in [2.24, 2.45) is 0 Å². The number of rotatable bonds is 10. The number of hydrogen-bond acceptors (Lipinski definition) is 10. The molecule has 0 aromatic carbocycles. The predicted molar refractivity (Wildman–Crippen MR) is 171 cm³/mol. The van der Waals surface area contributed by atoms with Crippen molar-refractivity contribution >= 4 is 40.2 Å². The monoisotopic (exact) mass is 653 g/mol. The Balaban J connectivity index is 1.42. The Kier molecular flexibility index (Phi) is 9.29. The van der Waals surface area contributed by atoms with Crippen LogP contribution in [0.5, 0.6) is 5.88 Å². The van der Waals surface area contributed by atoms with Crippen molar-refractivity contribution in [1.82, 2.24) is 9.78 Å². The fraction of sp³-hybridized carbons (Fsp3) is 0.306. The number of ketones is 5. The minimum absolute atomic E-state index is 0.0122. The summed E-state index contributed by atoms with van der Waals surface area (Å²) < 4.78 is 14.5. The van der Waals surface area contributed by atoms with Crippen LogP contribution in [0.3, 0.4) is 0 Å². The van der Waals surface area contributed by atoms with E-state index in [-0.39, 0.29) is 72.0 Å². The quantitative estimate of drug-likeness (QED) is 0.224. The van der Waals surface area contributed by atoms with Gasteiger partial charge in [-0.1, -0.05) is 12.7 Å². The maximum absolute atomic E-state index is 13.5. The molecule has 12 heteroatoms. The Hall–Kier alpha value is -5.65. The summed E-state index contributed by atoms with van der Waals surface area (Å²) in [6.45, 7) is 9.65. The summed E-state index contributed by atoms with van der Waals surface area (Å²) in [6.07, 6.45) is 12.4. The molecule has 0 fully saturated rings. The maximum atomic E-state index is 13.5. The number of allylic oxidation sites excluding steroid dienone is 13. The van der Waals surface area contributed by atoms with Crippen LogP contribution in [0, 0.1) is 0 Å². The Morgan fingerprint density at radius 2 is 1.40 bits per heavy atom. The van der Waals surface area contributed by atoms with E-state index in [1.165, 1.54) is 4.68 Å². The third kappa shape index (κ3) is 6.59. The third-order valence-corrected chi connectivity index (χ3v) is 7.97. The van der Waals surface area contributed by atoms with Gasteiger partial charge in [-0.3, -0.25) is 24.0 Å². The molecule has 4 aliphatic rings. The molecule has 0 radical (unpaired) electrons. The average molecular weight is 654 g/mol. The SMILES string of the molecule is CCc1nn(C(C)(C)C)c(O)c1C1=C([O-])/C(=C2/C=CC(=[N+](CCOC3=CC(=O)C=CC3=O)CCOC3=CC(=O)C=CC3=O)C=C2C)C1=O. The van der Waals surface area contributed by atoms with Crippen LogP contribution in [0.4, 0.5) is 0 Å². The van der Waals surface area contributed by atoms with E-state index in [0.717, 1.165) is 36.5 Å². The van der Waals surface area contributed by atoms with E-state index in [1.54, 1.807) is 25.2 Å². The van der Waals surface area contributed by atoms with Gasteiger partial charge in [0.1, 0.15) is 13.2 Å². The Morgan fingerprint density at radius 1 is 0.833 bits per heavy atom. The highest BCUT2D eigenvalue weighted by Crippen LogP contribution is 2.44. The molecule has 0 saturated carbocycles. The molecule has 1 aromatic rings. The van der Waals surface area contributed by atoms with Gasteiger partial charge in [0.25, 0.3) is 0 Å². The number of aromatic nitrogens is 2. The number of Topliss-reactive ketones (excluding diaryl/α,β-unsaturated/α-hetero) is 1. The first-order chi connectivity index (χ1) is 22.7. The minimum atomic E-state index is -0.571. The highest BCUT2D eigenvalue weighted by atomic mass is 16.5. The van der Waals surface area contributed by atoms with Crippen molar-refractivity contribution in [3.8, 4) is 5.88 Å². The number of carbonyl (C=O) groups excluding carboxylic acids is 5. The lowest BCUT2D eigenvalue weighted by Crippen LogP contribution is -2.32. The summed E-state index contributed by atoms with van der Waals surface area (Å²) in [5, 5.41) is 28.9. The summed E-state index contributed by atoms with van der Waals surface area (Å²) in [7, 11) is 0. The molecule has 0 saturated heterocycles. The first kappa shape index (κ1) is 33.7. The lowest BCUT2D eigenvalue weighted by atomic mass is 9.78. The van der Waals surface area contributed by atoms with Crippen LogP contribution in [-0.2, 0) is 45.4 Å². The second-order valence-electron chi connectivity index (χ2n) is 12.4. The first-order valence-corrected chi connectivity index (χ1v) is 15.4. The molecular formula is C36H35N3O9. The fourth-order valence-corrected chi connectivity index (χ4v) is 5.52. The molecule has 1 heterocycles. The summed E-state index contributed by atoms with van der Waals surface area (Å²) >= 11 is 0. The zero-order valence-corrected chi connectivity index (χ0v) is 27.3. The van der Waals surface area contributed by atoms with Gasteiger partial charge in [0.2, 0.25) is 17.4 Å². The van der Waals surface area contributed by atoms with E-state index in [1.807, 2.05) is 32.3 Å². The molecule has 248 valence electrons. The van der Waals surface area contributed by atoms with Gasteiger partial charge in [-0.2, -0.15) is 5.10 Å². The third-order valence-electron chi connectivity index (χ3n) is 7.97. The predicted octanol–water partition coefficient (Wildman–Crippen LogP) is 2.04. The first-order valence-electron chi connectivity index (χ1n) is 15.4. The van der Waals surface area contributed by atoms with Gasteiger partial charge in [-0.05, 0) is 75.6 Å². The van der Waals surface area contributed by atoms with Gasteiger partial charge in [-0.15, -0.1) is 0 Å². The highest BCUT2D eigenvalue weighted by molar-refractivity contribution is 6.40. The van der Waals surface area contributed by atoms with Crippen LogP contribution < -0.4 is 5.11 Å². The van der Waals surface area contributed by atoms with Gasteiger partial charge < -0.3 is 19.7 Å². The summed E-state index contributed by atoms with van der Waals surface area (Å²) in [4.78, 5) is 61.2. The minimum Gasteiger partial charge on any atom is -0.871 e. The molecule has 0 atom stereocenters. The van der Waals surface area contributed by atoms with Gasteiger partial charge in [0, 0.05) is 35.5 Å². The fourth-order valence-electron chi connectivity index (χ4n) is 5.52. The van der Waals surface area contributed by atoms with Crippen LogP contribution in [0.15, 0.2) is 88.7 Å². The number of hydrogen-bond donors (Lipinski definition) is 1.